The van der Waals surface area contributed by atoms with Crippen molar-refractivity contribution >= 4 is 17.1 Å². The predicted molar refractivity (Wildman–Crippen MR) is 80.0 cm³/mol. The third kappa shape index (κ3) is 3.95. The Bertz CT molecular complexity index is 643. The number of rotatable bonds is 3. The number of aromatic nitrogens is 2. The lowest BCUT2D eigenvalue weighted by Crippen LogP contribution is -2.36. The maximum Gasteiger partial charge on any atom is 0.408 e. The summed E-state index contributed by atoms with van der Waals surface area (Å²) in [6.45, 7) is 7.07. The molecule has 21 heavy (non-hydrogen) atoms. The van der Waals surface area contributed by atoms with Gasteiger partial charge >= 0.3 is 6.09 Å². The van der Waals surface area contributed by atoms with E-state index in [1.165, 1.54) is 0 Å². The van der Waals surface area contributed by atoms with Crippen LogP contribution >= 0.6 is 0 Å². The van der Waals surface area contributed by atoms with Crippen molar-refractivity contribution in [3.63, 3.8) is 0 Å². The average Bonchev–Trinajstić information content (AvgIpc) is 2.76. The minimum atomic E-state index is -0.632. The molecule has 2 rings (SSSR count). The minimum absolute atomic E-state index is 0.266. The number of fused-ring (bicyclic) bond motifs is 1. The van der Waals surface area contributed by atoms with Gasteiger partial charge in [-0.15, -0.1) is 0 Å². The van der Waals surface area contributed by atoms with Crippen molar-refractivity contribution in [3.8, 4) is 0 Å². The molecule has 1 heterocycles. The molecule has 114 valence electrons. The highest BCUT2D eigenvalue weighted by molar-refractivity contribution is 5.76. The number of hydrogen-bond acceptors (Lipinski definition) is 4. The van der Waals surface area contributed by atoms with E-state index in [0.29, 0.717) is 5.82 Å². The van der Waals surface area contributed by atoms with E-state index in [9.17, 15) is 9.90 Å². The number of amides is 1. The van der Waals surface area contributed by atoms with E-state index in [0.717, 1.165) is 16.6 Å². The molecule has 2 aromatic rings. The van der Waals surface area contributed by atoms with Crippen LogP contribution < -0.4 is 5.32 Å². The number of hydrogen-bond donors (Lipinski definition) is 3. The van der Waals surface area contributed by atoms with Crippen LogP contribution in [0.1, 0.15) is 38.2 Å². The van der Waals surface area contributed by atoms with Gasteiger partial charge in [-0.1, -0.05) is 6.07 Å². The second-order valence-electron chi connectivity index (χ2n) is 6.02. The highest BCUT2D eigenvalue weighted by Crippen LogP contribution is 2.18. The number of ether oxygens (including phenoxy) is 1. The molecule has 0 saturated carbocycles. The molecule has 0 spiro atoms. The van der Waals surface area contributed by atoms with Crippen LogP contribution in [0.25, 0.3) is 11.0 Å². The Kier molecular flexibility index (Phi) is 4.18. The average molecular weight is 291 g/mol. The van der Waals surface area contributed by atoms with Gasteiger partial charge in [0.2, 0.25) is 0 Å². The van der Waals surface area contributed by atoms with Crippen LogP contribution in [0.15, 0.2) is 18.2 Å². The molecule has 0 aliphatic carbocycles. The summed E-state index contributed by atoms with van der Waals surface area (Å²) >= 11 is 0. The Morgan fingerprint density at radius 3 is 2.81 bits per heavy atom. The molecule has 1 amide bonds. The van der Waals surface area contributed by atoms with Crippen molar-refractivity contribution < 1.29 is 14.6 Å². The number of H-pyrrole nitrogens is 1. The van der Waals surface area contributed by atoms with Crippen LogP contribution in [0.2, 0.25) is 0 Å². The van der Waals surface area contributed by atoms with Crippen molar-refractivity contribution in [1.29, 1.82) is 0 Å². The van der Waals surface area contributed by atoms with Gasteiger partial charge in [-0.25, -0.2) is 9.78 Å². The molecule has 0 bridgehead atoms. The lowest BCUT2D eigenvalue weighted by atomic mass is 10.2. The highest BCUT2D eigenvalue weighted by Gasteiger charge is 2.22. The number of alkyl carbamates (subject to hydrolysis) is 1. The van der Waals surface area contributed by atoms with Crippen molar-refractivity contribution in [2.75, 3.05) is 6.61 Å². The first-order valence-electron chi connectivity index (χ1n) is 6.85. The van der Waals surface area contributed by atoms with Crippen LogP contribution in [0, 0.1) is 6.92 Å². The van der Waals surface area contributed by atoms with Gasteiger partial charge in [0.15, 0.2) is 0 Å². The van der Waals surface area contributed by atoms with Gasteiger partial charge < -0.3 is 20.1 Å². The van der Waals surface area contributed by atoms with E-state index in [2.05, 4.69) is 15.3 Å². The zero-order valence-electron chi connectivity index (χ0n) is 12.7. The molecule has 1 aromatic heterocycles. The molecule has 6 heteroatoms. The van der Waals surface area contributed by atoms with E-state index in [4.69, 9.17) is 4.74 Å². The summed E-state index contributed by atoms with van der Waals surface area (Å²) in [5.74, 6) is 0.504. The third-order valence-corrected chi connectivity index (χ3v) is 2.86. The maximum atomic E-state index is 11.8. The monoisotopic (exact) mass is 291 g/mol. The summed E-state index contributed by atoms with van der Waals surface area (Å²) < 4.78 is 5.18. The molecule has 0 aliphatic heterocycles. The van der Waals surface area contributed by atoms with Gasteiger partial charge in [0.05, 0.1) is 17.6 Å². The number of nitrogens with zero attached hydrogens (tertiary/aromatic N) is 1. The SMILES string of the molecule is Cc1ccc2nc([C@@H](CO)NC(=O)OC(C)(C)C)[nH]c2c1. The van der Waals surface area contributed by atoms with Gasteiger partial charge in [-0.05, 0) is 45.4 Å². The second-order valence-corrected chi connectivity index (χ2v) is 6.02. The van der Waals surface area contributed by atoms with E-state index in [1.54, 1.807) is 20.8 Å². The van der Waals surface area contributed by atoms with Gasteiger partial charge in [0, 0.05) is 0 Å². The van der Waals surface area contributed by atoms with Crippen molar-refractivity contribution in [3.05, 3.63) is 29.6 Å². The van der Waals surface area contributed by atoms with Crippen LogP contribution in [0.3, 0.4) is 0 Å². The van der Waals surface area contributed by atoms with E-state index in [1.807, 2.05) is 25.1 Å². The molecule has 0 aliphatic rings. The first-order chi connectivity index (χ1) is 9.78. The fourth-order valence-electron chi connectivity index (χ4n) is 1.96. The fourth-order valence-corrected chi connectivity index (χ4v) is 1.96. The van der Waals surface area contributed by atoms with E-state index < -0.39 is 17.7 Å². The zero-order valence-corrected chi connectivity index (χ0v) is 12.7. The van der Waals surface area contributed by atoms with Gasteiger partial charge in [0.25, 0.3) is 0 Å². The fraction of sp³-hybridized carbons (Fsp3) is 0.467. The summed E-state index contributed by atoms with van der Waals surface area (Å²) in [7, 11) is 0. The summed E-state index contributed by atoms with van der Waals surface area (Å²) in [5.41, 5.74) is 2.18. The summed E-state index contributed by atoms with van der Waals surface area (Å²) in [6, 6.07) is 5.19. The number of nitrogens with one attached hydrogen (secondary N) is 2. The number of aryl methyl sites for hydroxylation is 1. The Morgan fingerprint density at radius 1 is 1.48 bits per heavy atom. The number of benzene rings is 1. The molecule has 0 unspecified atom stereocenters. The number of aliphatic hydroxyl groups is 1. The van der Waals surface area contributed by atoms with Crippen molar-refractivity contribution in [2.24, 2.45) is 0 Å². The Labute approximate surface area is 123 Å². The Hall–Kier alpha value is -2.08. The maximum absolute atomic E-state index is 11.8. The molecule has 0 radical (unpaired) electrons. The molecule has 1 atom stereocenters. The van der Waals surface area contributed by atoms with Crippen LogP contribution in [-0.2, 0) is 4.74 Å². The van der Waals surface area contributed by atoms with Gasteiger partial charge in [0.1, 0.15) is 17.5 Å². The summed E-state index contributed by atoms with van der Waals surface area (Å²) in [6.07, 6.45) is -0.585. The van der Waals surface area contributed by atoms with E-state index >= 15 is 0 Å². The number of aliphatic hydroxyl groups excluding tert-OH is 1. The zero-order chi connectivity index (χ0) is 15.6. The smallest absolute Gasteiger partial charge is 0.408 e. The molecule has 3 N–H and O–H groups in total. The number of carbonyl (C=O) groups is 1. The van der Waals surface area contributed by atoms with Crippen LogP contribution in [-0.4, -0.2) is 33.4 Å². The highest BCUT2D eigenvalue weighted by atomic mass is 16.6. The molecule has 6 nitrogen and oxygen atoms in total. The number of carbonyl (C=O) groups excluding carboxylic acids is 1. The Morgan fingerprint density at radius 2 is 2.19 bits per heavy atom. The van der Waals surface area contributed by atoms with Gasteiger partial charge in [-0.3, -0.25) is 0 Å². The molecule has 0 fully saturated rings. The topological polar surface area (TPSA) is 87.2 Å². The molecule has 1 aromatic carbocycles. The summed E-state index contributed by atoms with van der Waals surface area (Å²) in [5, 5.41) is 12.1. The first-order valence-corrected chi connectivity index (χ1v) is 6.85. The van der Waals surface area contributed by atoms with Crippen molar-refractivity contribution in [2.45, 2.75) is 39.3 Å². The first kappa shape index (κ1) is 15.3. The van der Waals surface area contributed by atoms with E-state index in [-0.39, 0.29) is 6.61 Å². The molecule has 0 saturated heterocycles. The molecular formula is C15H21N3O3. The largest absolute Gasteiger partial charge is 0.444 e. The second kappa shape index (κ2) is 5.73. The van der Waals surface area contributed by atoms with Crippen molar-refractivity contribution in [1.82, 2.24) is 15.3 Å². The minimum Gasteiger partial charge on any atom is -0.444 e. The van der Waals surface area contributed by atoms with Gasteiger partial charge in [-0.2, -0.15) is 0 Å². The number of aromatic amines is 1. The summed E-state index contributed by atoms with van der Waals surface area (Å²) in [4.78, 5) is 19.3. The lowest BCUT2D eigenvalue weighted by molar-refractivity contribution is 0.0478. The Balaban J connectivity index is 2.17. The van der Waals surface area contributed by atoms with Crippen LogP contribution in [0.5, 0.6) is 0 Å². The normalized spacial score (nSPS) is 13.2. The number of imidazole rings is 1. The third-order valence-electron chi connectivity index (χ3n) is 2.86. The quantitative estimate of drug-likeness (QED) is 0.810. The molecular weight excluding hydrogens is 270 g/mol. The van der Waals surface area contributed by atoms with Crippen LogP contribution in [0.4, 0.5) is 4.79 Å². The standard InChI is InChI=1S/C15H21N3O3/c1-9-5-6-10-11(7-9)17-13(16-10)12(8-19)18-14(20)21-15(2,3)4/h5-7,12,19H,8H2,1-4H3,(H,16,17)(H,18,20)/t12-/m1/s1. The predicted octanol–water partition coefficient (Wildman–Crippen LogP) is 2.43. The lowest BCUT2D eigenvalue weighted by Gasteiger charge is -2.22.